The summed E-state index contributed by atoms with van der Waals surface area (Å²) in [6.45, 7) is 0.940. The lowest BCUT2D eigenvalue weighted by Gasteiger charge is -2.26. The lowest BCUT2D eigenvalue weighted by molar-refractivity contribution is 0.354. The molecule has 2 aromatic rings. The summed E-state index contributed by atoms with van der Waals surface area (Å²) in [6, 6.07) is 13.7. The SMILES string of the molecule is COc1ccc(S(=O)(=O)N(CCN(C)C)c2ccccc2)cc1OC. The van der Waals surface area contributed by atoms with E-state index < -0.39 is 10.0 Å². The highest BCUT2D eigenvalue weighted by molar-refractivity contribution is 7.92. The summed E-state index contributed by atoms with van der Waals surface area (Å²) in [6.07, 6.45) is 0. The van der Waals surface area contributed by atoms with Gasteiger partial charge in [0.05, 0.1) is 24.8 Å². The zero-order valence-corrected chi connectivity index (χ0v) is 15.8. The molecule has 0 saturated carbocycles. The van der Waals surface area contributed by atoms with Crippen molar-refractivity contribution in [1.29, 1.82) is 0 Å². The van der Waals surface area contributed by atoms with Crippen LogP contribution in [0.25, 0.3) is 0 Å². The Morgan fingerprint density at radius 2 is 1.52 bits per heavy atom. The van der Waals surface area contributed by atoms with Gasteiger partial charge in [-0.25, -0.2) is 8.42 Å². The molecule has 0 heterocycles. The number of rotatable bonds is 8. The Morgan fingerprint density at radius 3 is 2.08 bits per heavy atom. The molecule has 0 saturated heterocycles. The Bertz CT molecular complexity index is 792. The summed E-state index contributed by atoms with van der Waals surface area (Å²) in [5.41, 5.74) is 0.624. The first-order valence-corrected chi connectivity index (χ1v) is 9.28. The number of para-hydroxylation sites is 1. The maximum atomic E-state index is 13.2. The third kappa shape index (κ3) is 4.43. The number of likely N-dealkylation sites (N-methyl/N-ethyl adjacent to an activating group) is 1. The summed E-state index contributed by atoms with van der Waals surface area (Å²) in [5.74, 6) is 0.866. The van der Waals surface area contributed by atoms with E-state index in [1.165, 1.54) is 30.7 Å². The molecule has 136 valence electrons. The standard InChI is InChI=1S/C18H24N2O4S/c1-19(2)12-13-20(15-8-6-5-7-9-15)25(21,22)16-10-11-17(23-3)18(14-16)24-4/h5-11,14H,12-13H2,1-4H3. The van der Waals surface area contributed by atoms with Gasteiger partial charge in [-0.15, -0.1) is 0 Å². The molecule has 0 radical (unpaired) electrons. The number of benzene rings is 2. The number of ether oxygens (including phenoxy) is 2. The number of sulfonamides is 1. The smallest absolute Gasteiger partial charge is 0.264 e. The van der Waals surface area contributed by atoms with Crippen LogP contribution in [0, 0.1) is 0 Å². The predicted octanol–water partition coefficient (Wildman–Crippen LogP) is 2.46. The molecule has 2 aromatic carbocycles. The molecule has 0 spiro atoms. The van der Waals surface area contributed by atoms with E-state index in [1.54, 1.807) is 18.2 Å². The van der Waals surface area contributed by atoms with Crippen LogP contribution in [0.1, 0.15) is 0 Å². The Labute approximate surface area is 149 Å². The quantitative estimate of drug-likeness (QED) is 0.720. The van der Waals surface area contributed by atoms with Gasteiger partial charge < -0.3 is 14.4 Å². The molecule has 0 aliphatic rings. The van der Waals surface area contributed by atoms with Gasteiger partial charge in [-0.2, -0.15) is 0 Å². The third-order valence-electron chi connectivity index (χ3n) is 3.74. The van der Waals surface area contributed by atoms with Crippen LogP contribution in [0.15, 0.2) is 53.4 Å². The van der Waals surface area contributed by atoms with Crippen LogP contribution in [0.5, 0.6) is 11.5 Å². The molecule has 0 atom stereocenters. The number of anilines is 1. The molecule has 0 bridgehead atoms. The Balaban J connectivity index is 2.47. The highest BCUT2D eigenvalue weighted by Gasteiger charge is 2.26. The Hall–Kier alpha value is -2.25. The second kappa shape index (κ2) is 8.22. The van der Waals surface area contributed by atoms with Crippen LogP contribution in [0.2, 0.25) is 0 Å². The molecular weight excluding hydrogens is 340 g/mol. The largest absolute Gasteiger partial charge is 0.493 e. The summed E-state index contributed by atoms with van der Waals surface area (Å²) in [5, 5.41) is 0. The summed E-state index contributed by atoms with van der Waals surface area (Å²) >= 11 is 0. The molecule has 0 aliphatic heterocycles. The van der Waals surface area contributed by atoms with E-state index in [4.69, 9.17) is 9.47 Å². The van der Waals surface area contributed by atoms with Crippen molar-refractivity contribution in [2.45, 2.75) is 4.90 Å². The van der Waals surface area contributed by atoms with Crippen LogP contribution < -0.4 is 13.8 Å². The first-order chi connectivity index (χ1) is 11.9. The van der Waals surface area contributed by atoms with Crippen molar-refractivity contribution in [2.75, 3.05) is 45.7 Å². The summed E-state index contributed by atoms with van der Waals surface area (Å²) in [7, 11) is 3.08. The van der Waals surface area contributed by atoms with E-state index in [1.807, 2.05) is 37.2 Å². The molecule has 7 heteroatoms. The molecule has 0 amide bonds. The third-order valence-corrected chi connectivity index (χ3v) is 5.56. The van der Waals surface area contributed by atoms with Gasteiger partial charge in [-0.05, 0) is 38.4 Å². The van der Waals surface area contributed by atoms with Gasteiger partial charge in [0, 0.05) is 19.2 Å². The molecule has 0 unspecified atom stereocenters. The molecular formula is C18H24N2O4S. The molecule has 2 rings (SSSR count). The average molecular weight is 364 g/mol. The van der Waals surface area contributed by atoms with Crippen LogP contribution >= 0.6 is 0 Å². The van der Waals surface area contributed by atoms with Crippen molar-refractivity contribution in [1.82, 2.24) is 4.90 Å². The van der Waals surface area contributed by atoms with E-state index in [9.17, 15) is 8.42 Å². The summed E-state index contributed by atoms with van der Waals surface area (Å²) < 4.78 is 38.3. The zero-order chi connectivity index (χ0) is 18.4. The fraction of sp³-hybridized carbons (Fsp3) is 0.333. The predicted molar refractivity (Wildman–Crippen MR) is 99.1 cm³/mol. The van der Waals surface area contributed by atoms with Crippen molar-refractivity contribution in [3.05, 3.63) is 48.5 Å². The highest BCUT2D eigenvalue weighted by Crippen LogP contribution is 2.32. The maximum absolute atomic E-state index is 13.2. The second-order valence-electron chi connectivity index (χ2n) is 5.73. The van der Waals surface area contributed by atoms with Crippen molar-refractivity contribution in [3.63, 3.8) is 0 Å². The molecule has 25 heavy (non-hydrogen) atoms. The van der Waals surface area contributed by atoms with Gasteiger partial charge in [-0.1, -0.05) is 18.2 Å². The lowest BCUT2D eigenvalue weighted by Crippen LogP contribution is -2.36. The maximum Gasteiger partial charge on any atom is 0.264 e. The van der Waals surface area contributed by atoms with Crippen molar-refractivity contribution in [2.24, 2.45) is 0 Å². The fourth-order valence-electron chi connectivity index (χ4n) is 2.38. The van der Waals surface area contributed by atoms with Gasteiger partial charge in [0.25, 0.3) is 10.0 Å². The van der Waals surface area contributed by atoms with E-state index in [0.717, 1.165) is 0 Å². The van der Waals surface area contributed by atoms with Gasteiger partial charge in [0.15, 0.2) is 11.5 Å². The van der Waals surface area contributed by atoms with Gasteiger partial charge in [0.1, 0.15) is 0 Å². The minimum absolute atomic E-state index is 0.160. The van der Waals surface area contributed by atoms with Gasteiger partial charge in [-0.3, -0.25) is 4.31 Å². The van der Waals surface area contributed by atoms with E-state index in [2.05, 4.69) is 0 Å². The Morgan fingerprint density at radius 1 is 0.880 bits per heavy atom. The number of methoxy groups -OCH3 is 2. The zero-order valence-electron chi connectivity index (χ0n) is 15.0. The van der Waals surface area contributed by atoms with E-state index in [0.29, 0.717) is 30.3 Å². The number of nitrogens with zero attached hydrogens (tertiary/aromatic N) is 2. The number of hydrogen-bond donors (Lipinski definition) is 0. The van der Waals surface area contributed by atoms with Crippen LogP contribution in [-0.4, -0.2) is 54.7 Å². The van der Waals surface area contributed by atoms with E-state index in [-0.39, 0.29) is 4.90 Å². The number of hydrogen-bond acceptors (Lipinski definition) is 5. The van der Waals surface area contributed by atoms with Crippen LogP contribution in [0.4, 0.5) is 5.69 Å². The summed E-state index contributed by atoms with van der Waals surface area (Å²) in [4.78, 5) is 2.10. The van der Waals surface area contributed by atoms with Crippen molar-refractivity contribution in [3.8, 4) is 11.5 Å². The molecule has 0 N–H and O–H groups in total. The van der Waals surface area contributed by atoms with Crippen molar-refractivity contribution >= 4 is 15.7 Å². The lowest BCUT2D eigenvalue weighted by atomic mass is 10.3. The fourth-order valence-corrected chi connectivity index (χ4v) is 3.85. The van der Waals surface area contributed by atoms with Gasteiger partial charge >= 0.3 is 0 Å². The minimum atomic E-state index is -3.74. The minimum Gasteiger partial charge on any atom is -0.493 e. The van der Waals surface area contributed by atoms with Gasteiger partial charge in [0.2, 0.25) is 0 Å². The van der Waals surface area contributed by atoms with Crippen LogP contribution in [0.3, 0.4) is 0 Å². The molecule has 0 aromatic heterocycles. The first-order valence-electron chi connectivity index (χ1n) is 7.84. The van der Waals surface area contributed by atoms with Crippen LogP contribution in [-0.2, 0) is 10.0 Å². The van der Waals surface area contributed by atoms with Crippen molar-refractivity contribution < 1.29 is 17.9 Å². The molecule has 0 fully saturated rings. The first kappa shape index (κ1) is 19.1. The molecule has 0 aliphatic carbocycles. The second-order valence-corrected chi connectivity index (χ2v) is 7.60. The highest BCUT2D eigenvalue weighted by atomic mass is 32.2. The normalized spacial score (nSPS) is 11.4. The van der Waals surface area contributed by atoms with E-state index >= 15 is 0 Å². The topological polar surface area (TPSA) is 59.1 Å². The monoisotopic (exact) mass is 364 g/mol. The average Bonchev–Trinajstić information content (AvgIpc) is 2.61. The molecule has 6 nitrogen and oxygen atoms in total. The Kier molecular flexibility index (Phi) is 6.27.